The molecule has 0 saturated heterocycles. The molecule has 1 unspecified atom stereocenters. The molecule has 0 aliphatic heterocycles. The minimum absolute atomic E-state index is 0.233. The van der Waals surface area contributed by atoms with Crippen LogP contribution in [-0.2, 0) is 6.42 Å². The first-order chi connectivity index (χ1) is 11.7. The van der Waals surface area contributed by atoms with E-state index in [-0.39, 0.29) is 5.92 Å². The SMILES string of the molecule is CCC(C(N)=[NH+]CCc1ccc(OC)c(OC)c1)c1ccccc1. The summed E-state index contributed by atoms with van der Waals surface area (Å²) in [6, 6.07) is 16.4. The van der Waals surface area contributed by atoms with Gasteiger partial charge in [0, 0.05) is 6.42 Å². The summed E-state index contributed by atoms with van der Waals surface area (Å²) in [7, 11) is 3.29. The Hall–Kier alpha value is -2.49. The van der Waals surface area contributed by atoms with Crippen LogP contribution in [0.25, 0.3) is 0 Å². The average Bonchev–Trinajstić information content (AvgIpc) is 2.63. The third-order valence-electron chi connectivity index (χ3n) is 4.18. The number of nitrogens with one attached hydrogen (secondary N) is 1. The molecular formula is C20H27N2O2+. The molecule has 4 nitrogen and oxygen atoms in total. The van der Waals surface area contributed by atoms with E-state index >= 15 is 0 Å². The van der Waals surface area contributed by atoms with Gasteiger partial charge in [-0.25, -0.2) is 0 Å². The maximum Gasteiger partial charge on any atom is 0.248 e. The average molecular weight is 327 g/mol. The van der Waals surface area contributed by atoms with Crippen LogP contribution in [0.2, 0.25) is 0 Å². The zero-order chi connectivity index (χ0) is 17.4. The maximum atomic E-state index is 6.29. The molecule has 24 heavy (non-hydrogen) atoms. The third-order valence-corrected chi connectivity index (χ3v) is 4.18. The molecule has 1 atom stereocenters. The molecule has 4 heteroatoms. The molecule has 0 saturated carbocycles. The van der Waals surface area contributed by atoms with Gasteiger partial charge in [-0.1, -0.05) is 43.3 Å². The summed E-state index contributed by atoms with van der Waals surface area (Å²) in [5, 5.41) is 0. The lowest BCUT2D eigenvalue weighted by molar-refractivity contribution is -0.459. The predicted molar refractivity (Wildman–Crippen MR) is 97.7 cm³/mol. The largest absolute Gasteiger partial charge is 0.493 e. The van der Waals surface area contributed by atoms with E-state index in [1.807, 2.05) is 24.3 Å². The van der Waals surface area contributed by atoms with Crippen molar-refractivity contribution in [1.82, 2.24) is 0 Å². The van der Waals surface area contributed by atoms with Crippen molar-refractivity contribution in [3.05, 3.63) is 59.7 Å². The number of benzene rings is 2. The van der Waals surface area contributed by atoms with Gasteiger partial charge in [0.15, 0.2) is 11.5 Å². The van der Waals surface area contributed by atoms with Crippen molar-refractivity contribution in [3.8, 4) is 11.5 Å². The van der Waals surface area contributed by atoms with Gasteiger partial charge in [-0.15, -0.1) is 0 Å². The van der Waals surface area contributed by atoms with E-state index in [9.17, 15) is 0 Å². The van der Waals surface area contributed by atoms with Crippen LogP contribution in [0, 0.1) is 0 Å². The highest BCUT2D eigenvalue weighted by molar-refractivity contribution is 5.82. The Balaban J connectivity index is 2.02. The van der Waals surface area contributed by atoms with Crippen LogP contribution < -0.4 is 20.2 Å². The summed E-state index contributed by atoms with van der Waals surface area (Å²) < 4.78 is 10.6. The van der Waals surface area contributed by atoms with Gasteiger partial charge in [0.05, 0.1) is 26.7 Å². The van der Waals surface area contributed by atoms with Gasteiger partial charge in [0.25, 0.3) is 0 Å². The number of amidine groups is 1. The van der Waals surface area contributed by atoms with Crippen molar-refractivity contribution in [2.24, 2.45) is 5.73 Å². The summed E-state index contributed by atoms with van der Waals surface area (Å²) in [6.07, 6.45) is 1.84. The Morgan fingerprint density at radius 2 is 1.75 bits per heavy atom. The number of methoxy groups -OCH3 is 2. The van der Waals surface area contributed by atoms with Crippen LogP contribution in [0.5, 0.6) is 11.5 Å². The lowest BCUT2D eigenvalue weighted by Crippen LogP contribution is -2.77. The van der Waals surface area contributed by atoms with Crippen molar-refractivity contribution in [1.29, 1.82) is 0 Å². The van der Waals surface area contributed by atoms with E-state index in [4.69, 9.17) is 15.2 Å². The Morgan fingerprint density at radius 3 is 2.38 bits per heavy atom. The second-order valence-electron chi connectivity index (χ2n) is 5.69. The molecule has 0 aromatic heterocycles. The first-order valence-corrected chi connectivity index (χ1v) is 8.31. The summed E-state index contributed by atoms with van der Waals surface area (Å²) in [6.45, 7) is 2.94. The molecule has 2 rings (SSSR count). The second kappa shape index (κ2) is 8.96. The van der Waals surface area contributed by atoms with Crippen molar-refractivity contribution >= 4 is 5.84 Å². The van der Waals surface area contributed by atoms with E-state index < -0.39 is 0 Å². The molecule has 128 valence electrons. The molecule has 3 N–H and O–H groups in total. The predicted octanol–water partition coefficient (Wildman–Crippen LogP) is 1.88. The molecule has 0 heterocycles. The number of rotatable bonds is 8. The monoisotopic (exact) mass is 327 g/mol. The fraction of sp³-hybridized carbons (Fsp3) is 0.350. The molecule has 0 bridgehead atoms. The third kappa shape index (κ3) is 4.51. The Labute approximate surface area is 144 Å². The molecule has 0 aliphatic carbocycles. The molecule has 0 radical (unpaired) electrons. The fourth-order valence-electron chi connectivity index (χ4n) is 2.83. The normalized spacial score (nSPS) is 12.7. The topological polar surface area (TPSA) is 58.5 Å². The summed E-state index contributed by atoms with van der Waals surface area (Å²) >= 11 is 0. The lowest BCUT2D eigenvalue weighted by atomic mass is 9.95. The van der Waals surface area contributed by atoms with E-state index in [2.05, 4.69) is 36.2 Å². The first-order valence-electron chi connectivity index (χ1n) is 8.31. The molecule has 0 amide bonds. The molecule has 0 fully saturated rings. The van der Waals surface area contributed by atoms with Gasteiger partial charge in [0.2, 0.25) is 5.84 Å². The van der Waals surface area contributed by atoms with E-state index in [1.165, 1.54) is 11.1 Å². The van der Waals surface area contributed by atoms with E-state index in [0.29, 0.717) is 0 Å². The first kappa shape index (κ1) is 17.9. The van der Waals surface area contributed by atoms with Crippen LogP contribution in [-0.4, -0.2) is 26.6 Å². The maximum absolute atomic E-state index is 6.29. The van der Waals surface area contributed by atoms with E-state index in [0.717, 1.165) is 36.7 Å². The van der Waals surface area contributed by atoms with Gasteiger partial charge < -0.3 is 9.47 Å². The smallest absolute Gasteiger partial charge is 0.248 e. The van der Waals surface area contributed by atoms with Gasteiger partial charge in [-0.2, -0.15) is 0 Å². The Bertz CT molecular complexity index is 669. The minimum atomic E-state index is 0.233. The van der Waals surface area contributed by atoms with Crippen molar-refractivity contribution in [2.45, 2.75) is 25.7 Å². The Morgan fingerprint density at radius 1 is 1.04 bits per heavy atom. The molecule has 0 spiro atoms. The highest BCUT2D eigenvalue weighted by Crippen LogP contribution is 2.27. The van der Waals surface area contributed by atoms with Crippen molar-refractivity contribution in [3.63, 3.8) is 0 Å². The number of ether oxygens (including phenoxy) is 2. The van der Waals surface area contributed by atoms with E-state index in [1.54, 1.807) is 14.2 Å². The highest BCUT2D eigenvalue weighted by atomic mass is 16.5. The van der Waals surface area contributed by atoms with Crippen molar-refractivity contribution in [2.75, 3.05) is 20.8 Å². The lowest BCUT2D eigenvalue weighted by Gasteiger charge is -2.11. The quantitative estimate of drug-likeness (QED) is 0.575. The van der Waals surface area contributed by atoms with Gasteiger partial charge in [-0.3, -0.25) is 10.7 Å². The van der Waals surface area contributed by atoms with Gasteiger partial charge in [-0.05, 0) is 29.7 Å². The second-order valence-corrected chi connectivity index (χ2v) is 5.69. The van der Waals surface area contributed by atoms with Crippen LogP contribution in [0.3, 0.4) is 0 Å². The van der Waals surface area contributed by atoms with Crippen LogP contribution in [0.15, 0.2) is 48.5 Å². The molecular weight excluding hydrogens is 300 g/mol. The van der Waals surface area contributed by atoms with Gasteiger partial charge in [0.1, 0.15) is 0 Å². The minimum Gasteiger partial charge on any atom is -0.493 e. The number of hydrogen-bond acceptors (Lipinski definition) is 2. The van der Waals surface area contributed by atoms with Crippen LogP contribution in [0.4, 0.5) is 0 Å². The number of nitrogens with two attached hydrogens (primary N) is 1. The molecule has 2 aromatic rings. The van der Waals surface area contributed by atoms with Gasteiger partial charge >= 0.3 is 0 Å². The summed E-state index contributed by atoms with van der Waals surface area (Å²) in [5.41, 5.74) is 8.71. The summed E-state index contributed by atoms with van der Waals surface area (Å²) in [5.74, 6) is 2.55. The van der Waals surface area contributed by atoms with Crippen LogP contribution in [0.1, 0.15) is 30.4 Å². The summed E-state index contributed by atoms with van der Waals surface area (Å²) in [4.78, 5) is 3.37. The van der Waals surface area contributed by atoms with Crippen LogP contribution >= 0.6 is 0 Å². The highest BCUT2D eigenvalue weighted by Gasteiger charge is 2.17. The zero-order valence-electron chi connectivity index (χ0n) is 14.7. The Kier molecular flexibility index (Phi) is 6.67. The zero-order valence-corrected chi connectivity index (χ0v) is 14.7. The number of hydrogen-bond donors (Lipinski definition) is 2. The molecule has 0 aliphatic rings. The fourth-order valence-corrected chi connectivity index (χ4v) is 2.83. The molecule has 2 aromatic carbocycles. The van der Waals surface area contributed by atoms with Crippen molar-refractivity contribution < 1.29 is 14.5 Å². The standard InChI is InChI=1S/C20H26N2O2/c1-4-17(16-8-6-5-7-9-16)20(21)22-13-12-15-10-11-18(23-2)19(14-15)24-3/h5-11,14,17H,4,12-13H2,1-3H3,(H2,21,22)/p+1.